The Kier molecular flexibility index (Phi) is 4.43. The van der Waals surface area contributed by atoms with Gasteiger partial charge in [0.1, 0.15) is 5.75 Å². The highest BCUT2D eigenvalue weighted by Crippen LogP contribution is 2.34. The number of aryl methyl sites for hydroxylation is 1. The molecule has 0 atom stereocenters. The Bertz CT molecular complexity index is 464. The molecule has 0 aliphatic rings. The van der Waals surface area contributed by atoms with Crippen molar-refractivity contribution in [3.05, 3.63) is 27.7 Å². The molecule has 100 valence electrons. The second kappa shape index (κ2) is 5.31. The van der Waals surface area contributed by atoms with Crippen LogP contribution in [0.2, 0.25) is 0 Å². The van der Waals surface area contributed by atoms with Crippen LogP contribution >= 0.6 is 15.9 Å². The van der Waals surface area contributed by atoms with E-state index in [9.17, 15) is 4.79 Å². The maximum atomic E-state index is 11.1. The lowest BCUT2D eigenvalue weighted by Crippen LogP contribution is -2.38. The molecule has 0 fully saturated rings. The number of carboxylic acid groups (broad SMARTS) is 1. The molecule has 0 aliphatic carbocycles. The maximum absolute atomic E-state index is 11.1. The molecule has 0 aliphatic heterocycles. The molecule has 0 bridgehead atoms. The van der Waals surface area contributed by atoms with Crippen LogP contribution < -0.4 is 4.74 Å². The highest BCUT2D eigenvalue weighted by atomic mass is 79.9. The number of carboxylic acids is 1. The van der Waals surface area contributed by atoms with E-state index in [-0.39, 0.29) is 5.92 Å². The van der Waals surface area contributed by atoms with Crippen molar-refractivity contribution in [1.29, 1.82) is 0 Å². The zero-order valence-corrected chi connectivity index (χ0v) is 13.0. The second-order valence-electron chi connectivity index (χ2n) is 5.21. The predicted octanol–water partition coefficient (Wildman–Crippen LogP) is 4.12. The van der Waals surface area contributed by atoms with Crippen molar-refractivity contribution < 1.29 is 14.6 Å². The highest BCUT2D eigenvalue weighted by molar-refractivity contribution is 9.10. The monoisotopic (exact) mass is 314 g/mol. The molecule has 0 radical (unpaired) electrons. The van der Waals surface area contributed by atoms with Crippen molar-refractivity contribution in [3.63, 3.8) is 0 Å². The van der Waals surface area contributed by atoms with Crippen LogP contribution in [-0.4, -0.2) is 16.7 Å². The summed E-state index contributed by atoms with van der Waals surface area (Å²) in [4.78, 5) is 11.1. The quantitative estimate of drug-likeness (QED) is 0.909. The van der Waals surface area contributed by atoms with E-state index in [1.807, 2.05) is 19.1 Å². The number of halogens is 1. The molecule has 0 aromatic heterocycles. The van der Waals surface area contributed by atoms with Gasteiger partial charge in [0.15, 0.2) is 5.60 Å². The third-order valence-electron chi connectivity index (χ3n) is 2.79. The first-order valence-electron chi connectivity index (χ1n) is 5.87. The summed E-state index contributed by atoms with van der Waals surface area (Å²) in [6.07, 6.45) is 0. The van der Waals surface area contributed by atoms with Crippen LogP contribution in [0.15, 0.2) is 16.6 Å². The second-order valence-corrected chi connectivity index (χ2v) is 6.07. The number of rotatable bonds is 4. The van der Waals surface area contributed by atoms with Gasteiger partial charge in [-0.05, 0) is 49.9 Å². The van der Waals surface area contributed by atoms with E-state index in [2.05, 4.69) is 29.8 Å². The predicted molar refractivity (Wildman–Crippen MR) is 75.3 cm³/mol. The molecular formula is C14H19BrO3. The lowest BCUT2D eigenvalue weighted by molar-refractivity contribution is -0.152. The average molecular weight is 315 g/mol. The van der Waals surface area contributed by atoms with Crippen molar-refractivity contribution in [2.24, 2.45) is 0 Å². The van der Waals surface area contributed by atoms with E-state index < -0.39 is 11.6 Å². The molecule has 1 aromatic carbocycles. The van der Waals surface area contributed by atoms with Crippen molar-refractivity contribution in [2.45, 2.75) is 46.1 Å². The van der Waals surface area contributed by atoms with E-state index in [1.54, 1.807) is 13.8 Å². The summed E-state index contributed by atoms with van der Waals surface area (Å²) in [5.41, 5.74) is 0.793. The highest BCUT2D eigenvalue weighted by Gasteiger charge is 2.30. The first-order valence-corrected chi connectivity index (χ1v) is 6.67. The zero-order valence-electron chi connectivity index (χ0n) is 11.4. The number of benzene rings is 1. The average Bonchev–Trinajstić information content (AvgIpc) is 2.22. The van der Waals surface area contributed by atoms with Gasteiger partial charge in [0.2, 0.25) is 0 Å². The number of carbonyl (C=O) groups is 1. The number of hydrogen-bond acceptors (Lipinski definition) is 2. The Morgan fingerprint density at radius 3 is 2.39 bits per heavy atom. The van der Waals surface area contributed by atoms with E-state index in [0.717, 1.165) is 15.6 Å². The van der Waals surface area contributed by atoms with E-state index >= 15 is 0 Å². The molecule has 1 aromatic rings. The van der Waals surface area contributed by atoms with Gasteiger partial charge in [-0.15, -0.1) is 0 Å². The van der Waals surface area contributed by atoms with Gasteiger partial charge in [-0.1, -0.05) is 29.8 Å². The number of hydrogen-bond donors (Lipinski definition) is 1. The summed E-state index contributed by atoms with van der Waals surface area (Å²) in [6.45, 7) is 9.16. The molecular weight excluding hydrogens is 296 g/mol. The number of aliphatic carboxylic acids is 1. The van der Waals surface area contributed by atoms with E-state index in [1.165, 1.54) is 0 Å². The van der Waals surface area contributed by atoms with Gasteiger partial charge in [0.05, 0.1) is 0 Å². The Balaban J connectivity index is 3.23. The van der Waals surface area contributed by atoms with Crippen LogP contribution in [0.25, 0.3) is 0 Å². The van der Waals surface area contributed by atoms with Crippen molar-refractivity contribution >= 4 is 21.9 Å². The minimum atomic E-state index is -1.23. The minimum absolute atomic E-state index is 0.265. The molecule has 1 N–H and O–H groups in total. The summed E-state index contributed by atoms with van der Waals surface area (Å²) < 4.78 is 6.68. The smallest absolute Gasteiger partial charge is 0.347 e. The first kappa shape index (κ1) is 15.0. The normalized spacial score (nSPS) is 11.7. The summed E-state index contributed by atoms with van der Waals surface area (Å²) >= 11 is 3.49. The lowest BCUT2D eigenvalue weighted by atomic mass is 10.00. The fourth-order valence-corrected chi connectivity index (χ4v) is 1.89. The molecule has 0 amide bonds. The Hall–Kier alpha value is -1.03. The third kappa shape index (κ3) is 3.25. The topological polar surface area (TPSA) is 46.5 Å². The molecule has 0 unspecified atom stereocenters. The van der Waals surface area contributed by atoms with Gasteiger partial charge in [-0.3, -0.25) is 0 Å². The molecule has 1 rings (SSSR count). The molecule has 0 spiro atoms. The largest absolute Gasteiger partial charge is 0.478 e. The summed E-state index contributed by atoms with van der Waals surface area (Å²) in [6, 6.07) is 3.87. The zero-order chi connectivity index (χ0) is 14.1. The molecule has 3 nitrogen and oxygen atoms in total. The van der Waals surface area contributed by atoms with Crippen molar-refractivity contribution in [1.82, 2.24) is 0 Å². The Morgan fingerprint density at radius 2 is 1.94 bits per heavy atom. The van der Waals surface area contributed by atoms with Crippen LogP contribution in [0.3, 0.4) is 0 Å². The summed E-state index contributed by atoms with van der Waals surface area (Å²) in [5.74, 6) is -0.0719. The Morgan fingerprint density at radius 1 is 1.39 bits per heavy atom. The summed E-state index contributed by atoms with van der Waals surface area (Å²) in [7, 11) is 0. The molecule has 0 saturated heterocycles. The van der Waals surface area contributed by atoms with Crippen molar-refractivity contribution in [2.75, 3.05) is 0 Å². The van der Waals surface area contributed by atoms with Gasteiger partial charge in [-0.25, -0.2) is 4.79 Å². The molecule has 0 saturated carbocycles. The van der Waals surface area contributed by atoms with Crippen LogP contribution in [0.4, 0.5) is 0 Å². The van der Waals surface area contributed by atoms with E-state index in [4.69, 9.17) is 9.84 Å². The van der Waals surface area contributed by atoms with Gasteiger partial charge < -0.3 is 9.84 Å². The SMILES string of the molecule is Cc1cc(OC(C)(C)C(=O)O)c(C(C)C)cc1Br. The maximum Gasteiger partial charge on any atom is 0.347 e. The van der Waals surface area contributed by atoms with Gasteiger partial charge in [0, 0.05) is 4.47 Å². The number of ether oxygens (including phenoxy) is 1. The lowest BCUT2D eigenvalue weighted by Gasteiger charge is -2.25. The minimum Gasteiger partial charge on any atom is -0.478 e. The fourth-order valence-electron chi connectivity index (χ4n) is 1.53. The van der Waals surface area contributed by atoms with Crippen LogP contribution in [0.1, 0.15) is 44.7 Å². The molecule has 18 heavy (non-hydrogen) atoms. The van der Waals surface area contributed by atoms with E-state index in [0.29, 0.717) is 5.75 Å². The fraction of sp³-hybridized carbons (Fsp3) is 0.500. The van der Waals surface area contributed by atoms with Crippen LogP contribution in [0.5, 0.6) is 5.75 Å². The molecule has 0 heterocycles. The van der Waals surface area contributed by atoms with Crippen LogP contribution in [0, 0.1) is 6.92 Å². The Labute approximate surface area is 116 Å². The summed E-state index contributed by atoms with van der Waals surface area (Å²) in [5, 5.41) is 9.12. The third-order valence-corrected chi connectivity index (χ3v) is 3.65. The standard InChI is InChI=1S/C14H19BrO3/c1-8(2)10-7-11(15)9(3)6-12(10)18-14(4,5)13(16)17/h6-8H,1-5H3,(H,16,17). The van der Waals surface area contributed by atoms with Gasteiger partial charge in [0.25, 0.3) is 0 Å². The van der Waals surface area contributed by atoms with Crippen molar-refractivity contribution in [3.8, 4) is 5.75 Å². The molecule has 4 heteroatoms. The van der Waals surface area contributed by atoms with Crippen LogP contribution in [-0.2, 0) is 4.79 Å². The first-order chi connectivity index (χ1) is 8.15. The van der Waals surface area contributed by atoms with Gasteiger partial charge in [-0.2, -0.15) is 0 Å². The van der Waals surface area contributed by atoms with Gasteiger partial charge >= 0.3 is 5.97 Å².